The Morgan fingerprint density at radius 2 is 2.33 bits per heavy atom. The van der Waals surface area contributed by atoms with Gasteiger partial charge in [-0.1, -0.05) is 0 Å². The standard InChI is InChI=1S/C20H32N4O2S/c1-3-21-20(23(2)11-12-26-15-16-4-5-16)22-9-6-19(25)24-10-7-18-17(14-24)8-13-27-18/h8,13,16H,3-7,9-12,14-15H2,1-2H3,(H,21,22). The minimum absolute atomic E-state index is 0.196. The predicted octanol–water partition coefficient (Wildman–Crippen LogP) is 2.35. The SMILES string of the molecule is CCNC(=NCCC(=O)N1CCc2sccc2C1)N(C)CCOCC1CC1. The van der Waals surface area contributed by atoms with Gasteiger partial charge in [-0.15, -0.1) is 11.3 Å². The Morgan fingerprint density at radius 3 is 3.11 bits per heavy atom. The van der Waals surface area contributed by atoms with Crippen molar-refractivity contribution in [3.63, 3.8) is 0 Å². The Morgan fingerprint density at radius 1 is 1.48 bits per heavy atom. The van der Waals surface area contributed by atoms with Gasteiger partial charge >= 0.3 is 0 Å². The molecule has 0 aromatic carbocycles. The number of amides is 1. The van der Waals surface area contributed by atoms with Crippen molar-refractivity contribution in [2.75, 3.05) is 46.4 Å². The zero-order valence-electron chi connectivity index (χ0n) is 16.6. The zero-order valence-corrected chi connectivity index (χ0v) is 17.4. The van der Waals surface area contributed by atoms with Crippen LogP contribution < -0.4 is 5.32 Å². The van der Waals surface area contributed by atoms with E-state index in [0.717, 1.165) is 51.1 Å². The van der Waals surface area contributed by atoms with E-state index < -0.39 is 0 Å². The molecule has 1 aromatic heterocycles. The number of aliphatic imine (C=N–C) groups is 1. The summed E-state index contributed by atoms with van der Waals surface area (Å²) in [7, 11) is 2.02. The second kappa shape index (κ2) is 10.1. The van der Waals surface area contributed by atoms with Gasteiger partial charge in [0.2, 0.25) is 5.91 Å². The van der Waals surface area contributed by atoms with Crippen molar-refractivity contribution in [3.05, 3.63) is 21.9 Å². The lowest BCUT2D eigenvalue weighted by Crippen LogP contribution is -2.41. The number of carbonyl (C=O) groups is 1. The monoisotopic (exact) mass is 392 g/mol. The molecule has 0 spiro atoms. The molecule has 1 aliphatic heterocycles. The van der Waals surface area contributed by atoms with Gasteiger partial charge < -0.3 is 19.9 Å². The molecule has 3 rings (SSSR count). The summed E-state index contributed by atoms with van der Waals surface area (Å²) >= 11 is 1.80. The zero-order chi connectivity index (χ0) is 19.1. The Bertz CT molecular complexity index is 642. The third-order valence-electron chi connectivity index (χ3n) is 5.07. The average Bonchev–Trinajstić information content (AvgIpc) is 3.38. The lowest BCUT2D eigenvalue weighted by Gasteiger charge is -2.27. The van der Waals surface area contributed by atoms with Crippen LogP contribution in [0.3, 0.4) is 0 Å². The van der Waals surface area contributed by atoms with E-state index in [9.17, 15) is 4.79 Å². The Kier molecular flexibility index (Phi) is 7.52. The second-order valence-electron chi connectivity index (χ2n) is 7.36. The van der Waals surface area contributed by atoms with Crippen LogP contribution in [-0.2, 0) is 22.5 Å². The van der Waals surface area contributed by atoms with Gasteiger partial charge in [-0.2, -0.15) is 0 Å². The minimum Gasteiger partial charge on any atom is -0.379 e. The number of likely N-dealkylation sites (N-methyl/N-ethyl adjacent to an activating group) is 1. The Balaban J connectivity index is 1.41. The molecule has 2 heterocycles. The summed E-state index contributed by atoms with van der Waals surface area (Å²) in [6.07, 6.45) is 4.08. The molecule has 1 saturated carbocycles. The van der Waals surface area contributed by atoms with E-state index in [1.165, 1.54) is 23.3 Å². The summed E-state index contributed by atoms with van der Waals surface area (Å²) in [5.41, 5.74) is 1.31. The quantitative estimate of drug-likeness (QED) is 0.398. The largest absolute Gasteiger partial charge is 0.379 e. The van der Waals surface area contributed by atoms with Crippen molar-refractivity contribution in [2.45, 2.75) is 39.2 Å². The van der Waals surface area contributed by atoms with E-state index in [4.69, 9.17) is 4.74 Å². The van der Waals surface area contributed by atoms with Crippen LogP contribution in [0.1, 0.15) is 36.6 Å². The summed E-state index contributed by atoms with van der Waals surface area (Å²) in [6.45, 7) is 7.37. The van der Waals surface area contributed by atoms with Crippen LogP contribution in [-0.4, -0.2) is 68.1 Å². The average molecular weight is 393 g/mol. The molecule has 1 amide bonds. The molecular weight excluding hydrogens is 360 g/mol. The number of ether oxygens (including phenoxy) is 1. The molecule has 0 radical (unpaired) electrons. The smallest absolute Gasteiger partial charge is 0.224 e. The molecule has 1 fully saturated rings. The number of thiophene rings is 1. The van der Waals surface area contributed by atoms with E-state index in [1.807, 2.05) is 11.9 Å². The number of rotatable bonds is 9. The predicted molar refractivity (Wildman–Crippen MR) is 110 cm³/mol. The second-order valence-corrected chi connectivity index (χ2v) is 8.36. The highest BCUT2D eigenvalue weighted by Crippen LogP contribution is 2.28. The van der Waals surface area contributed by atoms with Crippen molar-refractivity contribution in [1.29, 1.82) is 0 Å². The van der Waals surface area contributed by atoms with E-state index in [2.05, 4.69) is 33.6 Å². The summed E-state index contributed by atoms with van der Waals surface area (Å²) in [6, 6.07) is 2.14. The van der Waals surface area contributed by atoms with Crippen LogP contribution in [0.5, 0.6) is 0 Å². The first-order valence-corrected chi connectivity index (χ1v) is 11.0. The Hall–Kier alpha value is -1.60. The van der Waals surface area contributed by atoms with E-state index in [-0.39, 0.29) is 5.91 Å². The van der Waals surface area contributed by atoms with Crippen LogP contribution in [0, 0.1) is 5.92 Å². The third-order valence-corrected chi connectivity index (χ3v) is 6.09. The van der Waals surface area contributed by atoms with Gasteiger partial charge in [-0.05, 0) is 49.1 Å². The molecule has 2 aliphatic rings. The number of fused-ring (bicyclic) bond motifs is 1. The maximum atomic E-state index is 12.5. The fourth-order valence-electron chi connectivity index (χ4n) is 3.19. The van der Waals surface area contributed by atoms with Crippen LogP contribution in [0.25, 0.3) is 0 Å². The van der Waals surface area contributed by atoms with Crippen molar-refractivity contribution in [1.82, 2.24) is 15.1 Å². The highest BCUT2D eigenvalue weighted by molar-refractivity contribution is 7.10. The molecule has 0 bridgehead atoms. The van der Waals surface area contributed by atoms with E-state index in [1.54, 1.807) is 11.3 Å². The van der Waals surface area contributed by atoms with Crippen LogP contribution in [0.2, 0.25) is 0 Å². The first-order chi connectivity index (χ1) is 13.2. The lowest BCUT2D eigenvalue weighted by atomic mass is 10.1. The number of nitrogens with one attached hydrogen (secondary N) is 1. The molecule has 1 aromatic rings. The van der Waals surface area contributed by atoms with Gasteiger partial charge in [0, 0.05) is 51.1 Å². The van der Waals surface area contributed by atoms with Crippen LogP contribution >= 0.6 is 11.3 Å². The van der Waals surface area contributed by atoms with Gasteiger partial charge in [0.25, 0.3) is 0 Å². The minimum atomic E-state index is 0.196. The van der Waals surface area contributed by atoms with Crippen LogP contribution in [0.15, 0.2) is 16.4 Å². The molecule has 6 nitrogen and oxygen atoms in total. The number of hydrogen-bond donors (Lipinski definition) is 1. The van der Waals surface area contributed by atoms with Crippen molar-refractivity contribution in [3.8, 4) is 0 Å². The fourth-order valence-corrected chi connectivity index (χ4v) is 4.08. The molecule has 0 unspecified atom stereocenters. The Labute approximate surface area is 166 Å². The summed E-state index contributed by atoms with van der Waals surface area (Å²) in [5.74, 6) is 1.84. The van der Waals surface area contributed by atoms with Crippen molar-refractivity contribution >= 4 is 23.2 Å². The highest BCUT2D eigenvalue weighted by atomic mass is 32.1. The first kappa shape index (κ1) is 20.1. The van der Waals surface area contributed by atoms with E-state index >= 15 is 0 Å². The summed E-state index contributed by atoms with van der Waals surface area (Å²) < 4.78 is 5.72. The summed E-state index contributed by atoms with van der Waals surface area (Å²) in [4.78, 5) is 22.6. The molecule has 150 valence electrons. The number of guanidine groups is 1. The third kappa shape index (κ3) is 6.21. The number of hydrogen-bond acceptors (Lipinski definition) is 4. The molecule has 27 heavy (non-hydrogen) atoms. The van der Waals surface area contributed by atoms with E-state index in [0.29, 0.717) is 19.6 Å². The maximum Gasteiger partial charge on any atom is 0.224 e. The molecule has 1 N–H and O–H groups in total. The van der Waals surface area contributed by atoms with Crippen molar-refractivity contribution in [2.24, 2.45) is 10.9 Å². The van der Waals surface area contributed by atoms with Crippen molar-refractivity contribution < 1.29 is 9.53 Å². The maximum absolute atomic E-state index is 12.5. The normalized spacial score (nSPS) is 17.0. The van der Waals surface area contributed by atoms with Gasteiger partial charge in [0.15, 0.2) is 5.96 Å². The van der Waals surface area contributed by atoms with Gasteiger partial charge in [-0.3, -0.25) is 9.79 Å². The van der Waals surface area contributed by atoms with Gasteiger partial charge in [0.05, 0.1) is 13.2 Å². The summed E-state index contributed by atoms with van der Waals surface area (Å²) in [5, 5.41) is 5.42. The molecule has 7 heteroatoms. The van der Waals surface area contributed by atoms with Gasteiger partial charge in [0.1, 0.15) is 0 Å². The first-order valence-electron chi connectivity index (χ1n) is 10.1. The highest BCUT2D eigenvalue weighted by Gasteiger charge is 2.22. The lowest BCUT2D eigenvalue weighted by molar-refractivity contribution is -0.131. The molecular formula is C20H32N4O2S. The van der Waals surface area contributed by atoms with Crippen LogP contribution in [0.4, 0.5) is 0 Å². The number of nitrogens with zero attached hydrogens (tertiary/aromatic N) is 3. The number of carbonyl (C=O) groups excluding carboxylic acids is 1. The molecule has 0 atom stereocenters. The fraction of sp³-hybridized carbons (Fsp3) is 0.700. The molecule has 1 aliphatic carbocycles. The van der Waals surface area contributed by atoms with Gasteiger partial charge in [-0.25, -0.2) is 0 Å². The topological polar surface area (TPSA) is 57.2 Å². The molecule has 0 saturated heterocycles.